The highest BCUT2D eigenvalue weighted by Gasteiger charge is 2.28. The van der Waals surface area contributed by atoms with Gasteiger partial charge in [0.15, 0.2) is 0 Å². The second kappa shape index (κ2) is 34.1. The van der Waals surface area contributed by atoms with Gasteiger partial charge in [0.1, 0.15) is 12.2 Å². The summed E-state index contributed by atoms with van der Waals surface area (Å²) in [5.74, 6) is -0.601. The van der Waals surface area contributed by atoms with Crippen LogP contribution < -0.4 is 5.32 Å². The number of hydrogen-bond donors (Lipinski definition) is 5. The number of carbonyl (C=O) groups excluding carboxylic acids is 1. The fraction of sp³-hybridized carbons (Fsp3) is 0.872. The average molecular weight is 638 g/mol. The molecule has 0 radical (unpaired) electrons. The van der Waals surface area contributed by atoms with Crippen molar-refractivity contribution in [3.05, 3.63) is 24.3 Å². The zero-order chi connectivity index (χ0) is 33.2. The van der Waals surface area contributed by atoms with E-state index in [0.29, 0.717) is 12.8 Å². The summed E-state index contributed by atoms with van der Waals surface area (Å²) < 4.78 is 0. The Bertz CT molecular complexity index is 682. The lowest BCUT2D eigenvalue weighted by Crippen LogP contribution is -2.53. The van der Waals surface area contributed by atoms with Crippen molar-refractivity contribution >= 4 is 5.91 Å². The van der Waals surface area contributed by atoms with Crippen LogP contribution in [0.2, 0.25) is 0 Å². The molecule has 0 spiro atoms. The van der Waals surface area contributed by atoms with Gasteiger partial charge in [-0.05, 0) is 64.2 Å². The minimum atomic E-state index is -1.28. The molecule has 266 valence electrons. The first-order valence-electron chi connectivity index (χ1n) is 19.2. The molecule has 5 N–H and O–H groups in total. The monoisotopic (exact) mass is 638 g/mol. The third kappa shape index (κ3) is 28.7. The predicted octanol–water partition coefficient (Wildman–Crippen LogP) is 9.23. The Morgan fingerprint density at radius 1 is 0.533 bits per heavy atom. The topological polar surface area (TPSA) is 110 Å². The van der Waals surface area contributed by atoms with Crippen LogP contribution in [0.1, 0.15) is 187 Å². The number of aliphatic hydroxyl groups excluding tert-OH is 4. The van der Waals surface area contributed by atoms with Gasteiger partial charge in [-0.1, -0.05) is 147 Å². The van der Waals surface area contributed by atoms with Crippen LogP contribution in [0, 0.1) is 0 Å². The van der Waals surface area contributed by atoms with Crippen molar-refractivity contribution in [2.75, 3.05) is 6.61 Å². The van der Waals surface area contributed by atoms with Gasteiger partial charge in [0.05, 0.1) is 18.8 Å². The summed E-state index contributed by atoms with van der Waals surface area (Å²) in [7, 11) is 0. The Balaban J connectivity index is 3.80. The lowest BCUT2D eigenvalue weighted by molar-refractivity contribution is -0.132. The molecule has 0 heterocycles. The van der Waals surface area contributed by atoms with E-state index in [9.17, 15) is 25.2 Å². The van der Waals surface area contributed by atoms with E-state index >= 15 is 0 Å². The molecule has 0 aliphatic heterocycles. The maximum Gasteiger partial charge on any atom is 0.249 e. The Labute approximate surface area is 278 Å². The Morgan fingerprint density at radius 3 is 1.33 bits per heavy atom. The molecule has 6 heteroatoms. The third-order valence-corrected chi connectivity index (χ3v) is 8.88. The first kappa shape index (κ1) is 43.8. The summed E-state index contributed by atoms with van der Waals surface area (Å²) in [6, 6.07) is -1.00. The molecule has 0 aliphatic rings. The molecule has 0 rings (SSSR count). The van der Waals surface area contributed by atoms with Gasteiger partial charge >= 0.3 is 0 Å². The standard InChI is InChI=1S/C39H75NO5/c1-3-5-7-9-11-13-15-16-17-18-19-20-21-22-23-25-27-29-31-33-37(43)39(45)40-35(34-41)38(44)36(42)32-30-28-26-24-14-12-10-8-6-4-2/h19-20,24,26,35-38,41-44H,3-18,21-23,25,27-34H2,1-2H3,(H,40,45)/b20-19-,26-24+. The Morgan fingerprint density at radius 2 is 0.911 bits per heavy atom. The minimum Gasteiger partial charge on any atom is -0.394 e. The summed E-state index contributed by atoms with van der Waals surface area (Å²) in [5, 5.41) is 43.3. The largest absolute Gasteiger partial charge is 0.394 e. The molecule has 0 aromatic heterocycles. The normalized spacial score (nSPS) is 14.7. The quantitative estimate of drug-likeness (QED) is 0.0357. The second-order valence-corrected chi connectivity index (χ2v) is 13.3. The smallest absolute Gasteiger partial charge is 0.249 e. The average Bonchev–Trinajstić information content (AvgIpc) is 3.04. The van der Waals surface area contributed by atoms with Crippen molar-refractivity contribution in [2.24, 2.45) is 0 Å². The van der Waals surface area contributed by atoms with Crippen molar-refractivity contribution in [2.45, 2.75) is 212 Å². The van der Waals surface area contributed by atoms with Gasteiger partial charge in [-0.25, -0.2) is 0 Å². The van der Waals surface area contributed by atoms with Gasteiger partial charge in [-0.15, -0.1) is 0 Å². The molecule has 6 nitrogen and oxygen atoms in total. The van der Waals surface area contributed by atoms with E-state index in [1.807, 2.05) is 0 Å². The minimum absolute atomic E-state index is 0.356. The highest BCUT2D eigenvalue weighted by Crippen LogP contribution is 2.14. The molecule has 0 bridgehead atoms. The summed E-state index contributed by atoms with van der Waals surface area (Å²) in [4.78, 5) is 12.4. The second-order valence-electron chi connectivity index (χ2n) is 13.3. The highest BCUT2D eigenvalue weighted by atomic mass is 16.3. The van der Waals surface area contributed by atoms with Gasteiger partial charge in [0, 0.05) is 0 Å². The summed E-state index contributed by atoms with van der Waals surface area (Å²) in [6.07, 6.45) is 36.4. The van der Waals surface area contributed by atoms with Gasteiger partial charge in [-0.2, -0.15) is 0 Å². The first-order valence-corrected chi connectivity index (χ1v) is 19.2. The molecule has 0 saturated carbocycles. The number of amides is 1. The molecular weight excluding hydrogens is 562 g/mol. The van der Waals surface area contributed by atoms with Crippen LogP contribution in [0.4, 0.5) is 0 Å². The Kier molecular flexibility index (Phi) is 33.2. The molecule has 0 aromatic carbocycles. The van der Waals surface area contributed by atoms with E-state index in [1.54, 1.807) is 0 Å². The molecule has 0 fully saturated rings. The van der Waals surface area contributed by atoms with Crippen LogP contribution in [0.15, 0.2) is 24.3 Å². The van der Waals surface area contributed by atoms with Crippen LogP contribution in [0.3, 0.4) is 0 Å². The van der Waals surface area contributed by atoms with E-state index < -0.39 is 36.9 Å². The highest BCUT2D eigenvalue weighted by molar-refractivity contribution is 5.80. The maximum absolute atomic E-state index is 12.4. The summed E-state index contributed by atoms with van der Waals surface area (Å²) in [5.41, 5.74) is 0. The van der Waals surface area contributed by atoms with E-state index in [0.717, 1.165) is 44.9 Å². The zero-order valence-corrected chi connectivity index (χ0v) is 29.6. The fourth-order valence-corrected chi connectivity index (χ4v) is 5.75. The molecule has 4 unspecified atom stereocenters. The van der Waals surface area contributed by atoms with Crippen molar-refractivity contribution in [3.63, 3.8) is 0 Å². The van der Waals surface area contributed by atoms with Crippen molar-refractivity contribution < 1.29 is 25.2 Å². The maximum atomic E-state index is 12.4. The van der Waals surface area contributed by atoms with Gasteiger partial charge in [0.2, 0.25) is 5.91 Å². The molecule has 4 atom stereocenters. The molecule has 0 aliphatic carbocycles. The van der Waals surface area contributed by atoms with Gasteiger partial charge < -0.3 is 25.7 Å². The number of aliphatic hydroxyl groups is 4. The number of carbonyl (C=O) groups is 1. The summed E-state index contributed by atoms with van der Waals surface area (Å²) >= 11 is 0. The fourth-order valence-electron chi connectivity index (χ4n) is 5.75. The first-order chi connectivity index (χ1) is 22.0. The van der Waals surface area contributed by atoms with Crippen molar-refractivity contribution in [1.29, 1.82) is 0 Å². The molecule has 1 amide bonds. The Hall–Kier alpha value is -1.21. The third-order valence-electron chi connectivity index (χ3n) is 8.88. The van der Waals surface area contributed by atoms with Crippen molar-refractivity contribution in [3.8, 4) is 0 Å². The van der Waals surface area contributed by atoms with E-state index in [2.05, 4.69) is 43.5 Å². The number of nitrogens with one attached hydrogen (secondary N) is 1. The van der Waals surface area contributed by atoms with Crippen LogP contribution in [0.25, 0.3) is 0 Å². The van der Waals surface area contributed by atoms with Gasteiger partial charge in [-0.3, -0.25) is 4.79 Å². The molecule has 45 heavy (non-hydrogen) atoms. The summed E-state index contributed by atoms with van der Waals surface area (Å²) in [6.45, 7) is 3.99. The molecule has 0 saturated heterocycles. The van der Waals surface area contributed by atoms with Crippen LogP contribution >= 0.6 is 0 Å². The molecular formula is C39H75NO5. The molecule has 0 aromatic rings. The van der Waals surface area contributed by atoms with Crippen molar-refractivity contribution in [1.82, 2.24) is 5.32 Å². The zero-order valence-electron chi connectivity index (χ0n) is 29.6. The van der Waals surface area contributed by atoms with E-state index in [-0.39, 0.29) is 0 Å². The number of rotatable bonds is 34. The van der Waals surface area contributed by atoms with Crippen LogP contribution in [-0.2, 0) is 4.79 Å². The lowest BCUT2D eigenvalue weighted by atomic mass is 10.00. The van der Waals surface area contributed by atoms with E-state index in [1.165, 1.54) is 116 Å². The number of unbranched alkanes of at least 4 members (excludes halogenated alkanes) is 21. The number of hydrogen-bond acceptors (Lipinski definition) is 5. The SMILES string of the molecule is CCCCCCC/C=C/CCCC(O)C(O)C(CO)NC(=O)C(O)CCCCCCCC/C=C\CCCCCCCCCCC. The number of allylic oxidation sites excluding steroid dienone is 4. The lowest BCUT2D eigenvalue weighted by Gasteiger charge is -2.27. The predicted molar refractivity (Wildman–Crippen MR) is 191 cm³/mol. The van der Waals surface area contributed by atoms with E-state index in [4.69, 9.17) is 0 Å². The van der Waals surface area contributed by atoms with Gasteiger partial charge in [0.25, 0.3) is 0 Å². The van der Waals surface area contributed by atoms with Crippen LogP contribution in [0.5, 0.6) is 0 Å². The van der Waals surface area contributed by atoms with Crippen LogP contribution in [-0.4, -0.2) is 57.3 Å².